The summed E-state index contributed by atoms with van der Waals surface area (Å²) in [5.41, 5.74) is 0.474. The van der Waals surface area contributed by atoms with Crippen LogP contribution in [0.25, 0.3) is 11.4 Å². The number of nitrogens with one attached hydrogen (secondary N) is 1. The van der Waals surface area contributed by atoms with Crippen LogP contribution in [0.2, 0.25) is 0 Å². The summed E-state index contributed by atoms with van der Waals surface area (Å²) in [4.78, 5) is 18.8. The first kappa shape index (κ1) is 12.8. The van der Waals surface area contributed by atoms with Crippen molar-refractivity contribution in [2.24, 2.45) is 0 Å². The second kappa shape index (κ2) is 5.07. The van der Waals surface area contributed by atoms with Gasteiger partial charge in [-0.25, -0.2) is 4.39 Å². The zero-order valence-corrected chi connectivity index (χ0v) is 10.9. The minimum absolute atomic E-state index is 0.0767. The highest BCUT2D eigenvalue weighted by Crippen LogP contribution is 2.35. The Bertz CT molecular complexity index is 691. The summed E-state index contributed by atoms with van der Waals surface area (Å²) < 4.78 is 13.2. The van der Waals surface area contributed by atoms with Gasteiger partial charge in [-0.3, -0.25) is 4.79 Å². The Hall–Kier alpha value is -2.17. The average Bonchev–Trinajstić information content (AvgIpc) is 2.91. The van der Waals surface area contributed by atoms with Crippen LogP contribution in [0.4, 0.5) is 4.39 Å². The van der Waals surface area contributed by atoms with E-state index < -0.39 is 5.82 Å². The highest BCUT2D eigenvalue weighted by atomic mass is 19.1. The molecule has 1 aromatic carbocycles. The van der Waals surface area contributed by atoms with Gasteiger partial charge in [0.1, 0.15) is 11.6 Å². The van der Waals surface area contributed by atoms with Crippen LogP contribution in [0.3, 0.4) is 0 Å². The average molecular weight is 274 g/mol. The number of hydrogen-bond acceptors (Lipinski definition) is 3. The molecule has 0 aliphatic heterocycles. The van der Waals surface area contributed by atoms with Gasteiger partial charge in [-0.05, 0) is 30.9 Å². The molecule has 20 heavy (non-hydrogen) atoms. The van der Waals surface area contributed by atoms with Gasteiger partial charge in [0.05, 0.1) is 5.56 Å². The van der Waals surface area contributed by atoms with Crippen LogP contribution in [0.5, 0.6) is 5.88 Å². The number of nitrogens with zero attached hydrogens (tertiary/aromatic N) is 1. The van der Waals surface area contributed by atoms with Crippen LogP contribution >= 0.6 is 0 Å². The Labute approximate surface area is 115 Å². The van der Waals surface area contributed by atoms with Crippen LogP contribution in [0, 0.1) is 5.82 Å². The molecule has 0 bridgehead atoms. The summed E-state index contributed by atoms with van der Waals surface area (Å²) in [5, 5.41) is 10.0. The van der Waals surface area contributed by atoms with Crippen LogP contribution in [0.1, 0.15) is 37.2 Å². The van der Waals surface area contributed by atoms with E-state index in [1.165, 1.54) is 18.2 Å². The molecule has 1 aliphatic carbocycles. The van der Waals surface area contributed by atoms with Gasteiger partial charge in [0, 0.05) is 5.56 Å². The number of aromatic hydroxyl groups is 1. The van der Waals surface area contributed by atoms with Gasteiger partial charge in [0.2, 0.25) is 5.88 Å². The van der Waals surface area contributed by atoms with Crippen molar-refractivity contribution in [3.05, 3.63) is 46.0 Å². The SMILES string of the molecule is O=c1[nH]c(-c2cccc(F)c2)nc(O)c1C1CCCC1. The van der Waals surface area contributed by atoms with Gasteiger partial charge >= 0.3 is 0 Å². The Morgan fingerprint density at radius 2 is 2.05 bits per heavy atom. The predicted octanol–water partition coefficient (Wildman–Crippen LogP) is 2.94. The molecule has 4 nitrogen and oxygen atoms in total. The smallest absolute Gasteiger partial charge is 0.258 e. The summed E-state index contributed by atoms with van der Waals surface area (Å²) in [6.07, 6.45) is 3.93. The molecule has 0 amide bonds. The Kier molecular flexibility index (Phi) is 3.26. The third-order valence-electron chi connectivity index (χ3n) is 3.80. The standard InChI is InChI=1S/C15H15FN2O2/c16-11-7-3-6-10(8-11)13-17-14(19)12(15(20)18-13)9-4-1-2-5-9/h3,6-9H,1-2,4-5H2,(H2,17,18,19,20). The largest absolute Gasteiger partial charge is 0.493 e. The lowest BCUT2D eigenvalue weighted by atomic mass is 10.00. The van der Waals surface area contributed by atoms with E-state index in [0.717, 1.165) is 25.7 Å². The summed E-state index contributed by atoms with van der Waals surface area (Å²) in [6.45, 7) is 0. The van der Waals surface area contributed by atoms with Crippen LogP contribution in [-0.2, 0) is 0 Å². The number of benzene rings is 1. The quantitative estimate of drug-likeness (QED) is 0.884. The van der Waals surface area contributed by atoms with Crippen LogP contribution in [-0.4, -0.2) is 15.1 Å². The van der Waals surface area contributed by atoms with Crippen molar-refractivity contribution in [1.29, 1.82) is 0 Å². The van der Waals surface area contributed by atoms with Gasteiger partial charge in [-0.15, -0.1) is 0 Å². The summed E-state index contributed by atoms with van der Waals surface area (Å²) in [5.74, 6) is -0.383. The molecular formula is C15H15FN2O2. The Morgan fingerprint density at radius 1 is 1.30 bits per heavy atom. The van der Waals surface area contributed by atoms with E-state index in [2.05, 4.69) is 9.97 Å². The molecule has 0 spiro atoms. The molecular weight excluding hydrogens is 259 g/mol. The van der Waals surface area contributed by atoms with Crippen LogP contribution < -0.4 is 5.56 Å². The fourth-order valence-corrected chi connectivity index (χ4v) is 2.83. The minimum Gasteiger partial charge on any atom is -0.493 e. The summed E-state index contributed by atoms with van der Waals surface area (Å²) >= 11 is 0. The number of aromatic amines is 1. The molecule has 2 N–H and O–H groups in total. The lowest BCUT2D eigenvalue weighted by Gasteiger charge is -2.11. The molecule has 0 unspecified atom stereocenters. The van der Waals surface area contributed by atoms with Crippen molar-refractivity contribution in [3.8, 4) is 17.3 Å². The molecule has 0 radical (unpaired) electrons. The molecule has 1 heterocycles. The number of hydrogen-bond donors (Lipinski definition) is 2. The molecule has 5 heteroatoms. The Balaban J connectivity index is 2.05. The third kappa shape index (κ3) is 2.31. The van der Waals surface area contributed by atoms with Gasteiger partial charge in [-0.2, -0.15) is 4.98 Å². The first-order valence-corrected chi connectivity index (χ1v) is 6.74. The lowest BCUT2D eigenvalue weighted by molar-refractivity contribution is 0.436. The van der Waals surface area contributed by atoms with Crippen LogP contribution in [0.15, 0.2) is 29.1 Å². The van der Waals surface area contributed by atoms with Gasteiger partial charge in [0.25, 0.3) is 5.56 Å². The molecule has 1 fully saturated rings. The number of rotatable bonds is 2. The molecule has 1 saturated carbocycles. The second-order valence-electron chi connectivity index (χ2n) is 5.14. The number of halogens is 1. The van der Waals surface area contributed by atoms with E-state index in [1.807, 2.05) is 0 Å². The van der Waals surface area contributed by atoms with E-state index in [9.17, 15) is 14.3 Å². The van der Waals surface area contributed by atoms with Crippen molar-refractivity contribution in [2.45, 2.75) is 31.6 Å². The predicted molar refractivity (Wildman–Crippen MR) is 73.1 cm³/mol. The van der Waals surface area contributed by atoms with Crippen molar-refractivity contribution in [3.63, 3.8) is 0 Å². The zero-order valence-electron chi connectivity index (χ0n) is 10.9. The first-order chi connectivity index (χ1) is 9.65. The summed E-state index contributed by atoms with van der Waals surface area (Å²) in [6, 6.07) is 5.75. The molecule has 3 rings (SSSR count). The maximum atomic E-state index is 13.2. The molecule has 2 aromatic rings. The molecule has 0 atom stereocenters. The third-order valence-corrected chi connectivity index (χ3v) is 3.80. The van der Waals surface area contributed by atoms with E-state index >= 15 is 0 Å². The summed E-state index contributed by atoms with van der Waals surface area (Å²) in [7, 11) is 0. The van der Waals surface area contributed by atoms with E-state index in [0.29, 0.717) is 11.1 Å². The zero-order chi connectivity index (χ0) is 14.1. The topological polar surface area (TPSA) is 66.0 Å². The maximum Gasteiger partial charge on any atom is 0.258 e. The molecule has 104 valence electrons. The van der Waals surface area contributed by atoms with Gasteiger partial charge in [0.15, 0.2) is 0 Å². The van der Waals surface area contributed by atoms with Crippen molar-refractivity contribution < 1.29 is 9.50 Å². The molecule has 1 aromatic heterocycles. The van der Waals surface area contributed by atoms with Crippen molar-refractivity contribution in [1.82, 2.24) is 9.97 Å². The molecule has 0 saturated heterocycles. The van der Waals surface area contributed by atoms with Crippen molar-refractivity contribution in [2.75, 3.05) is 0 Å². The lowest BCUT2D eigenvalue weighted by Crippen LogP contribution is -2.17. The second-order valence-corrected chi connectivity index (χ2v) is 5.14. The van der Waals surface area contributed by atoms with Crippen molar-refractivity contribution >= 4 is 0 Å². The fourth-order valence-electron chi connectivity index (χ4n) is 2.83. The van der Waals surface area contributed by atoms with E-state index in [-0.39, 0.29) is 23.2 Å². The molecule has 1 aliphatic rings. The van der Waals surface area contributed by atoms with E-state index in [4.69, 9.17) is 0 Å². The minimum atomic E-state index is -0.412. The highest BCUT2D eigenvalue weighted by Gasteiger charge is 2.24. The monoisotopic (exact) mass is 274 g/mol. The number of H-pyrrole nitrogens is 1. The Morgan fingerprint density at radius 3 is 2.70 bits per heavy atom. The number of aromatic nitrogens is 2. The van der Waals surface area contributed by atoms with E-state index in [1.54, 1.807) is 6.07 Å². The van der Waals surface area contributed by atoms with Gasteiger partial charge in [-0.1, -0.05) is 25.0 Å². The normalized spacial score (nSPS) is 15.7. The van der Waals surface area contributed by atoms with Gasteiger partial charge < -0.3 is 10.1 Å². The first-order valence-electron chi connectivity index (χ1n) is 6.74. The maximum absolute atomic E-state index is 13.2. The highest BCUT2D eigenvalue weighted by molar-refractivity contribution is 5.55. The fraction of sp³-hybridized carbons (Fsp3) is 0.333.